The van der Waals surface area contributed by atoms with Crippen molar-refractivity contribution in [2.24, 2.45) is 0 Å². The third-order valence-corrected chi connectivity index (χ3v) is 5.65. The van der Waals surface area contributed by atoms with Gasteiger partial charge in [0.1, 0.15) is 0 Å². The van der Waals surface area contributed by atoms with Gasteiger partial charge in [0.25, 0.3) is 0 Å². The van der Waals surface area contributed by atoms with Crippen LogP contribution in [0, 0.1) is 0 Å². The molecule has 0 saturated carbocycles. The van der Waals surface area contributed by atoms with Crippen LogP contribution >= 0.6 is 11.6 Å². The molecule has 2 aromatic carbocycles. The number of sulfone groups is 1. The highest BCUT2D eigenvalue weighted by Gasteiger charge is 2.15. The molecular formula is C16H18ClNO4S. The van der Waals surface area contributed by atoms with E-state index < -0.39 is 15.9 Å². The average molecular weight is 356 g/mol. The predicted molar refractivity (Wildman–Crippen MR) is 90.9 cm³/mol. The summed E-state index contributed by atoms with van der Waals surface area (Å²) in [5.41, 5.74) is 0. The summed E-state index contributed by atoms with van der Waals surface area (Å²) in [6.45, 7) is 0.321. The number of rotatable bonds is 6. The first-order valence-corrected chi connectivity index (χ1v) is 9.19. The largest absolute Gasteiger partial charge is 0.465 e. The minimum atomic E-state index is -3.38. The van der Waals surface area contributed by atoms with Crippen LogP contribution < -0.4 is 0 Å². The second kappa shape index (κ2) is 7.19. The topological polar surface area (TPSA) is 74.7 Å². The number of halogens is 1. The van der Waals surface area contributed by atoms with Crippen molar-refractivity contribution in [2.75, 3.05) is 19.3 Å². The number of fused-ring (bicyclic) bond motifs is 1. The van der Waals surface area contributed by atoms with Crippen LogP contribution in [0.1, 0.15) is 12.8 Å². The van der Waals surface area contributed by atoms with Gasteiger partial charge in [-0.3, -0.25) is 0 Å². The molecule has 0 radical (unpaired) electrons. The van der Waals surface area contributed by atoms with Gasteiger partial charge in [-0.05, 0) is 47.9 Å². The molecule has 0 aliphatic rings. The molecule has 5 nitrogen and oxygen atoms in total. The molecule has 0 heterocycles. The summed E-state index contributed by atoms with van der Waals surface area (Å²) in [4.78, 5) is 12.1. The van der Waals surface area contributed by atoms with Gasteiger partial charge in [-0.1, -0.05) is 23.7 Å². The second-order valence-electron chi connectivity index (χ2n) is 5.38. The highest BCUT2D eigenvalue weighted by molar-refractivity contribution is 7.91. The van der Waals surface area contributed by atoms with E-state index in [2.05, 4.69) is 0 Å². The van der Waals surface area contributed by atoms with Gasteiger partial charge in [0, 0.05) is 18.6 Å². The molecule has 0 bridgehead atoms. The number of hydrogen-bond acceptors (Lipinski definition) is 3. The van der Waals surface area contributed by atoms with Crippen LogP contribution in [0.2, 0.25) is 5.02 Å². The minimum Gasteiger partial charge on any atom is -0.465 e. The van der Waals surface area contributed by atoms with Crippen LogP contribution in [0.25, 0.3) is 10.8 Å². The second-order valence-corrected chi connectivity index (χ2v) is 7.93. The summed E-state index contributed by atoms with van der Waals surface area (Å²) in [5.74, 6) is -0.000441. The van der Waals surface area contributed by atoms with E-state index in [9.17, 15) is 13.2 Å². The molecule has 0 spiro atoms. The van der Waals surface area contributed by atoms with Gasteiger partial charge in [0.15, 0.2) is 9.84 Å². The molecule has 0 aliphatic heterocycles. The van der Waals surface area contributed by atoms with Crippen molar-refractivity contribution in [3.05, 3.63) is 41.4 Å². The Bertz CT molecular complexity index is 820. The molecule has 0 unspecified atom stereocenters. The van der Waals surface area contributed by atoms with E-state index in [1.807, 2.05) is 0 Å². The monoisotopic (exact) mass is 355 g/mol. The number of hydrogen-bond donors (Lipinski definition) is 1. The Hall–Kier alpha value is -1.79. The van der Waals surface area contributed by atoms with Crippen molar-refractivity contribution < 1.29 is 18.3 Å². The fraction of sp³-hybridized carbons (Fsp3) is 0.312. The number of carbonyl (C=O) groups is 1. The maximum Gasteiger partial charge on any atom is 0.407 e. The molecule has 0 aromatic heterocycles. The van der Waals surface area contributed by atoms with Crippen molar-refractivity contribution in [2.45, 2.75) is 17.7 Å². The molecule has 124 valence electrons. The maximum atomic E-state index is 12.4. The molecule has 1 amide bonds. The van der Waals surface area contributed by atoms with Crippen molar-refractivity contribution >= 4 is 38.3 Å². The third kappa shape index (κ3) is 4.59. The summed E-state index contributed by atoms with van der Waals surface area (Å²) in [6, 6.07) is 10.3. The van der Waals surface area contributed by atoms with Crippen molar-refractivity contribution in [3.63, 3.8) is 0 Å². The zero-order valence-electron chi connectivity index (χ0n) is 12.7. The molecule has 0 aliphatic carbocycles. The normalized spacial score (nSPS) is 11.6. The average Bonchev–Trinajstić information content (AvgIpc) is 2.50. The van der Waals surface area contributed by atoms with Gasteiger partial charge < -0.3 is 10.0 Å². The zero-order valence-corrected chi connectivity index (χ0v) is 14.3. The van der Waals surface area contributed by atoms with E-state index in [4.69, 9.17) is 16.7 Å². The molecule has 2 aromatic rings. The van der Waals surface area contributed by atoms with Crippen LogP contribution in [0.5, 0.6) is 0 Å². The zero-order chi connectivity index (χ0) is 17.0. The Balaban J connectivity index is 2.04. The smallest absolute Gasteiger partial charge is 0.407 e. The molecular weight excluding hydrogens is 338 g/mol. The van der Waals surface area contributed by atoms with E-state index in [-0.39, 0.29) is 10.6 Å². The van der Waals surface area contributed by atoms with Crippen molar-refractivity contribution in [1.82, 2.24) is 4.90 Å². The first-order valence-electron chi connectivity index (χ1n) is 7.16. The van der Waals surface area contributed by atoms with Crippen molar-refractivity contribution in [3.8, 4) is 0 Å². The third-order valence-electron chi connectivity index (χ3n) is 3.62. The van der Waals surface area contributed by atoms with E-state index in [1.54, 1.807) is 36.4 Å². The van der Waals surface area contributed by atoms with Crippen LogP contribution in [0.4, 0.5) is 4.79 Å². The molecule has 7 heteroatoms. The quantitative estimate of drug-likeness (QED) is 0.802. The van der Waals surface area contributed by atoms with E-state index in [0.29, 0.717) is 24.4 Å². The number of nitrogens with zero attached hydrogens (tertiary/aromatic N) is 1. The van der Waals surface area contributed by atoms with E-state index in [1.165, 1.54) is 7.05 Å². The Morgan fingerprint density at radius 1 is 1.13 bits per heavy atom. The van der Waals surface area contributed by atoms with Gasteiger partial charge in [0.2, 0.25) is 0 Å². The standard InChI is InChI=1S/C16H18ClNO4S/c1-18(16(19)20)8-2-3-9-23(21,22)15-7-5-12-10-14(17)6-4-13(12)11-15/h4-7,10-11H,2-3,8-9H2,1H3,(H,19,20). The maximum absolute atomic E-state index is 12.4. The summed E-state index contributed by atoms with van der Waals surface area (Å²) in [6.07, 6.45) is -0.0925. The lowest BCUT2D eigenvalue weighted by Gasteiger charge is -2.12. The molecule has 2 rings (SSSR count). The van der Waals surface area contributed by atoms with E-state index >= 15 is 0 Å². The van der Waals surface area contributed by atoms with Gasteiger partial charge in [0.05, 0.1) is 10.6 Å². The fourth-order valence-electron chi connectivity index (χ4n) is 2.24. The van der Waals surface area contributed by atoms with Crippen LogP contribution in [0.15, 0.2) is 41.3 Å². The van der Waals surface area contributed by atoms with E-state index in [0.717, 1.165) is 15.7 Å². The lowest BCUT2D eigenvalue weighted by atomic mass is 10.1. The first-order chi connectivity index (χ1) is 10.8. The number of carboxylic acid groups (broad SMARTS) is 1. The predicted octanol–water partition coefficient (Wildman–Crippen LogP) is 3.66. The summed E-state index contributed by atoms with van der Waals surface area (Å²) < 4.78 is 24.7. The Kier molecular flexibility index (Phi) is 5.49. The molecule has 0 atom stereocenters. The Morgan fingerprint density at radius 2 is 1.78 bits per heavy atom. The molecule has 23 heavy (non-hydrogen) atoms. The minimum absolute atomic E-state index is 0.000441. The van der Waals surface area contributed by atoms with Gasteiger partial charge in [-0.2, -0.15) is 0 Å². The number of benzene rings is 2. The molecule has 0 fully saturated rings. The molecule has 1 N–H and O–H groups in total. The Labute approximate surface area is 140 Å². The first kappa shape index (κ1) is 17.6. The highest BCUT2D eigenvalue weighted by atomic mass is 35.5. The number of amides is 1. The fourth-order valence-corrected chi connectivity index (χ4v) is 3.82. The Morgan fingerprint density at radius 3 is 2.48 bits per heavy atom. The van der Waals surface area contributed by atoms with Crippen LogP contribution in [-0.4, -0.2) is 43.9 Å². The SMILES string of the molecule is CN(CCCCS(=O)(=O)c1ccc2cc(Cl)ccc2c1)C(=O)O. The summed E-state index contributed by atoms with van der Waals surface area (Å²) >= 11 is 5.92. The lowest BCUT2D eigenvalue weighted by Crippen LogP contribution is -2.26. The van der Waals surface area contributed by atoms with Crippen molar-refractivity contribution in [1.29, 1.82) is 0 Å². The van der Waals surface area contributed by atoms with Gasteiger partial charge in [-0.15, -0.1) is 0 Å². The summed E-state index contributed by atoms with van der Waals surface area (Å²) in [5, 5.41) is 11.1. The van der Waals surface area contributed by atoms with Crippen LogP contribution in [-0.2, 0) is 9.84 Å². The van der Waals surface area contributed by atoms with Gasteiger partial charge >= 0.3 is 6.09 Å². The van der Waals surface area contributed by atoms with Crippen LogP contribution in [0.3, 0.4) is 0 Å². The number of unbranched alkanes of at least 4 members (excludes halogenated alkanes) is 1. The van der Waals surface area contributed by atoms with Gasteiger partial charge in [-0.25, -0.2) is 13.2 Å². The molecule has 0 saturated heterocycles. The lowest BCUT2D eigenvalue weighted by molar-refractivity contribution is 0.155. The highest BCUT2D eigenvalue weighted by Crippen LogP contribution is 2.23. The summed E-state index contributed by atoms with van der Waals surface area (Å²) in [7, 11) is -1.92.